The topological polar surface area (TPSA) is 79.2 Å². The van der Waals surface area contributed by atoms with E-state index >= 15 is 0 Å². The summed E-state index contributed by atoms with van der Waals surface area (Å²) in [7, 11) is 1.40. The van der Waals surface area contributed by atoms with Gasteiger partial charge in [-0.1, -0.05) is 0 Å². The molecule has 6 heteroatoms. The van der Waals surface area contributed by atoms with Gasteiger partial charge in [-0.2, -0.15) is 0 Å². The third-order valence-electron chi connectivity index (χ3n) is 2.79. The molecule has 1 aliphatic rings. The standard InChI is InChI=1S/C11H21NO5/c1-10(2,3)17-9(15)12-6-5-11(7-12,16-4)8(13)14/h8,13-14H,5-7H2,1-4H3/t11-/m1/s1. The molecule has 1 heterocycles. The molecule has 0 aromatic carbocycles. The Balaban J connectivity index is 2.64. The number of carbonyl (C=O) groups excluding carboxylic acids is 1. The summed E-state index contributed by atoms with van der Waals surface area (Å²) >= 11 is 0. The van der Waals surface area contributed by atoms with Crippen LogP contribution >= 0.6 is 0 Å². The molecule has 1 atom stereocenters. The van der Waals surface area contributed by atoms with Gasteiger partial charge in [0.1, 0.15) is 11.2 Å². The highest BCUT2D eigenvalue weighted by atomic mass is 16.6. The molecule has 0 bridgehead atoms. The van der Waals surface area contributed by atoms with Crippen molar-refractivity contribution in [1.82, 2.24) is 4.90 Å². The number of hydrogen-bond donors (Lipinski definition) is 2. The lowest BCUT2D eigenvalue weighted by atomic mass is 10.0. The van der Waals surface area contributed by atoms with Gasteiger partial charge in [-0.25, -0.2) is 4.79 Å². The van der Waals surface area contributed by atoms with Gasteiger partial charge in [-0.15, -0.1) is 0 Å². The normalized spacial score (nSPS) is 25.5. The van der Waals surface area contributed by atoms with Crippen molar-refractivity contribution < 1.29 is 24.5 Å². The van der Waals surface area contributed by atoms with Crippen molar-refractivity contribution in [2.75, 3.05) is 20.2 Å². The van der Waals surface area contributed by atoms with Gasteiger partial charge in [0.05, 0.1) is 6.54 Å². The highest BCUT2D eigenvalue weighted by Crippen LogP contribution is 2.28. The van der Waals surface area contributed by atoms with Crippen molar-refractivity contribution in [3.05, 3.63) is 0 Å². The van der Waals surface area contributed by atoms with Crippen LogP contribution in [0.15, 0.2) is 0 Å². The summed E-state index contributed by atoms with van der Waals surface area (Å²) < 4.78 is 10.3. The monoisotopic (exact) mass is 247 g/mol. The number of aliphatic hydroxyl groups is 2. The van der Waals surface area contributed by atoms with Gasteiger partial charge < -0.3 is 24.6 Å². The number of likely N-dealkylation sites (tertiary alicyclic amines) is 1. The average Bonchev–Trinajstić information content (AvgIpc) is 2.60. The summed E-state index contributed by atoms with van der Waals surface area (Å²) in [6, 6.07) is 0. The van der Waals surface area contributed by atoms with E-state index in [0.717, 1.165) is 0 Å². The fraction of sp³-hybridized carbons (Fsp3) is 0.909. The van der Waals surface area contributed by atoms with E-state index in [2.05, 4.69) is 0 Å². The van der Waals surface area contributed by atoms with Gasteiger partial charge in [0, 0.05) is 20.1 Å². The number of rotatable bonds is 2. The van der Waals surface area contributed by atoms with Gasteiger partial charge >= 0.3 is 6.09 Å². The molecule has 1 fully saturated rings. The highest BCUT2D eigenvalue weighted by Gasteiger charge is 2.46. The summed E-state index contributed by atoms with van der Waals surface area (Å²) in [5.74, 6) is 0. The first-order chi connectivity index (χ1) is 7.70. The first-order valence-corrected chi connectivity index (χ1v) is 5.59. The second-order valence-electron chi connectivity index (χ2n) is 5.29. The van der Waals surface area contributed by atoms with E-state index in [-0.39, 0.29) is 6.54 Å². The molecule has 1 rings (SSSR count). The van der Waals surface area contributed by atoms with Crippen LogP contribution in [-0.4, -0.2) is 58.9 Å². The maximum Gasteiger partial charge on any atom is 0.410 e. The van der Waals surface area contributed by atoms with Crippen molar-refractivity contribution in [3.8, 4) is 0 Å². The predicted molar refractivity (Wildman–Crippen MR) is 60.4 cm³/mol. The zero-order chi connectivity index (χ0) is 13.3. The van der Waals surface area contributed by atoms with Gasteiger partial charge in [0.15, 0.2) is 6.29 Å². The van der Waals surface area contributed by atoms with Crippen molar-refractivity contribution in [1.29, 1.82) is 0 Å². The van der Waals surface area contributed by atoms with Crippen LogP contribution in [0.3, 0.4) is 0 Å². The Morgan fingerprint density at radius 1 is 1.41 bits per heavy atom. The summed E-state index contributed by atoms with van der Waals surface area (Å²) in [6.07, 6.45) is -1.70. The second-order valence-corrected chi connectivity index (χ2v) is 5.29. The molecule has 0 aromatic heterocycles. The number of methoxy groups -OCH3 is 1. The Kier molecular flexibility index (Phi) is 4.01. The van der Waals surface area contributed by atoms with Crippen LogP contribution in [-0.2, 0) is 9.47 Å². The summed E-state index contributed by atoms with van der Waals surface area (Å²) in [5, 5.41) is 18.6. The van der Waals surface area contributed by atoms with Gasteiger partial charge in [-0.3, -0.25) is 0 Å². The van der Waals surface area contributed by atoms with Crippen molar-refractivity contribution >= 4 is 6.09 Å². The molecular formula is C11H21NO5. The van der Waals surface area contributed by atoms with Crippen LogP contribution in [0.1, 0.15) is 27.2 Å². The maximum atomic E-state index is 11.8. The first kappa shape index (κ1) is 14.2. The zero-order valence-corrected chi connectivity index (χ0v) is 10.8. The third kappa shape index (κ3) is 3.31. The smallest absolute Gasteiger partial charge is 0.410 e. The largest absolute Gasteiger partial charge is 0.444 e. The lowest BCUT2D eigenvalue weighted by Crippen LogP contribution is -2.47. The van der Waals surface area contributed by atoms with Crippen molar-refractivity contribution in [3.63, 3.8) is 0 Å². The zero-order valence-electron chi connectivity index (χ0n) is 10.8. The molecule has 1 aliphatic heterocycles. The number of aliphatic hydroxyl groups excluding tert-OH is 1. The Labute approximate surface area is 101 Å². The molecule has 0 unspecified atom stereocenters. The number of amides is 1. The van der Waals surface area contributed by atoms with Crippen LogP contribution < -0.4 is 0 Å². The molecule has 17 heavy (non-hydrogen) atoms. The van der Waals surface area contributed by atoms with E-state index in [4.69, 9.17) is 9.47 Å². The molecule has 0 spiro atoms. The minimum atomic E-state index is -1.61. The van der Waals surface area contributed by atoms with Crippen molar-refractivity contribution in [2.24, 2.45) is 0 Å². The molecule has 1 amide bonds. The van der Waals surface area contributed by atoms with E-state index in [0.29, 0.717) is 13.0 Å². The van der Waals surface area contributed by atoms with Crippen LogP contribution in [0.2, 0.25) is 0 Å². The maximum absolute atomic E-state index is 11.8. The van der Waals surface area contributed by atoms with Crippen LogP contribution in [0.5, 0.6) is 0 Å². The van der Waals surface area contributed by atoms with Gasteiger partial charge in [0.25, 0.3) is 0 Å². The lowest BCUT2D eigenvalue weighted by Gasteiger charge is -2.30. The molecule has 0 aromatic rings. The van der Waals surface area contributed by atoms with E-state index < -0.39 is 23.6 Å². The highest BCUT2D eigenvalue weighted by molar-refractivity contribution is 5.68. The van der Waals surface area contributed by atoms with E-state index in [1.807, 2.05) is 0 Å². The molecule has 0 aliphatic carbocycles. The Morgan fingerprint density at radius 3 is 2.35 bits per heavy atom. The Hall–Kier alpha value is -0.850. The molecule has 6 nitrogen and oxygen atoms in total. The molecule has 0 saturated carbocycles. The lowest BCUT2D eigenvalue weighted by molar-refractivity contribution is -0.190. The van der Waals surface area contributed by atoms with Crippen molar-refractivity contribution in [2.45, 2.75) is 44.7 Å². The summed E-state index contributed by atoms with van der Waals surface area (Å²) in [4.78, 5) is 13.2. The molecule has 1 saturated heterocycles. The van der Waals surface area contributed by atoms with Crippen LogP contribution in [0.4, 0.5) is 4.79 Å². The summed E-state index contributed by atoms with van der Waals surface area (Å²) in [5.41, 5.74) is -1.66. The number of carbonyl (C=O) groups is 1. The Bertz CT molecular complexity index is 286. The Morgan fingerprint density at radius 2 is 2.00 bits per heavy atom. The molecular weight excluding hydrogens is 226 g/mol. The SMILES string of the molecule is CO[C@]1(C(O)O)CCN(C(=O)OC(C)(C)C)C1. The van der Waals surface area contributed by atoms with Crippen LogP contribution in [0.25, 0.3) is 0 Å². The van der Waals surface area contributed by atoms with E-state index in [1.54, 1.807) is 20.8 Å². The summed E-state index contributed by atoms with van der Waals surface area (Å²) in [6.45, 7) is 5.86. The fourth-order valence-corrected chi connectivity index (χ4v) is 1.77. The van der Waals surface area contributed by atoms with E-state index in [1.165, 1.54) is 12.0 Å². The molecule has 2 N–H and O–H groups in total. The van der Waals surface area contributed by atoms with Crippen LogP contribution in [0, 0.1) is 0 Å². The minimum absolute atomic E-state index is 0.121. The quantitative estimate of drug-likeness (QED) is 0.687. The first-order valence-electron chi connectivity index (χ1n) is 5.59. The van der Waals surface area contributed by atoms with E-state index in [9.17, 15) is 15.0 Å². The number of nitrogens with zero attached hydrogens (tertiary/aromatic N) is 1. The predicted octanol–water partition coefficient (Wildman–Crippen LogP) is 0.323. The minimum Gasteiger partial charge on any atom is -0.444 e. The number of hydrogen-bond acceptors (Lipinski definition) is 5. The molecule has 0 radical (unpaired) electrons. The van der Waals surface area contributed by atoms with Gasteiger partial charge in [0.2, 0.25) is 0 Å². The average molecular weight is 247 g/mol. The second kappa shape index (κ2) is 4.80. The third-order valence-corrected chi connectivity index (χ3v) is 2.79. The number of ether oxygens (including phenoxy) is 2. The molecule has 100 valence electrons. The fourth-order valence-electron chi connectivity index (χ4n) is 1.77. The van der Waals surface area contributed by atoms with Gasteiger partial charge in [-0.05, 0) is 20.8 Å².